The lowest BCUT2D eigenvalue weighted by Crippen LogP contribution is -2.05. The first kappa shape index (κ1) is 13.7. The molecule has 4 nitrogen and oxygen atoms in total. The van der Waals surface area contributed by atoms with E-state index in [2.05, 4.69) is 48.4 Å². The van der Waals surface area contributed by atoms with E-state index in [1.807, 2.05) is 4.68 Å². The summed E-state index contributed by atoms with van der Waals surface area (Å²) in [6, 6.07) is 8.42. The first-order valence-electron chi connectivity index (χ1n) is 6.95. The van der Waals surface area contributed by atoms with Crippen LogP contribution in [0.25, 0.3) is 11.3 Å². The van der Waals surface area contributed by atoms with Crippen LogP contribution >= 0.6 is 0 Å². The van der Waals surface area contributed by atoms with Crippen LogP contribution in [-0.2, 0) is 13.1 Å². The van der Waals surface area contributed by atoms with Gasteiger partial charge in [-0.25, -0.2) is 4.68 Å². The molecule has 1 aromatic carbocycles. The van der Waals surface area contributed by atoms with Gasteiger partial charge in [0.1, 0.15) is 5.69 Å². The molecule has 2 aromatic rings. The molecule has 1 aromatic heterocycles. The molecule has 0 spiro atoms. The number of benzene rings is 1. The maximum absolute atomic E-state index is 5.78. The van der Waals surface area contributed by atoms with Gasteiger partial charge in [-0.2, -0.15) is 0 Å². The van der Waals surface area contributed by atoms with E-state index >= 15 is 0 Å². The standard InChI is InChI=1S/C15H22N4/c1-3-4-5-9-19-15(14(11-16)17-18-19)13-8-6-7-12(2)10-13/h6-8,10H,3-5,9,11,16H2,1-2H3. The van der Waals surface area contributed by atoms with Crippen LogP contribution in [0.3, 0.4) is 0 Å². The van der Waals surface area contributed by atoms with Crippen molar-refractivity contribution in [2.24, 2.45) is 5.73 Å². The fourth-order valence-corrected chi connectivity index (χ4v) is 2.26. The first-order valence-corrected chi connectivity index (χ1v) is 6.95. The molecule has 0 atom stereocenters. The molecule has 0 aliphatic rings. The Bertz CT molecular complexity index is 531. The molecule has 0 radical (unpaired) electrons. The van der Waals surface area contributed by atoms with Crippen LogP contribution in [0.5, 0.6) is 0 Å². The number of hydrogen-bond donors (Lipinski definition) is 1. The lowest BCUT2D eigenvalue weighted by atomic mass is 10.1. The molecule has 2 rings (SSSR count). The molecule has 1 heterocycles. The topological polar surface area (TPSA) is 56.7 Å². The van der Waals surface area contributed by atoms with Gasteiger partial charge in [0.05, 0.1) is 5.69 Å². The Labute approximate surface area is 114 Å². The zero-order chi connectivity index (χ0) is 13.7. The Morgan fingerprint density at radius 2 is 2.11 bits per heavy atom. The molecule has 19 heavy (non-hydrogen) atoms. The van der Waals surface area contributed by atoms with E-state index in [9.17, 15) is 0 Å². The van der Waals surface area contributed by atoms with Gasteiger partial charge in [0.15, 0.2) is 0 Å². The lowest BCUT2D eigenvalue weighted by molar-refractivity contribution is 0.541. The SMILES string of the molecule is CCCCCn1nnc(CN)c1-c1cccc(C)c1. The largest absolute Gasteiger partial charge is 0.325 e. The van der Waals surface area contributed by atoms with Crippen LogP contribution in [0, 0.1) is 6.92 Å². The van der Waals surface area contributed by atoms with E-state index in [-0.39, 0.29) is 0 Å². The third-order valence-electron chi connectivity index (χ3n) is 3.26. The summed E-state index contributed by atoms with van der Waals surface area (Å²) in [5, 5.41) is 8.46. The first-order chi connectivity index (χ1) is 9.26. The van der Waals surface area contributed by atoms with Crippen LogP contribution in [0.4, 0.5) is 0 Å². The van der Waals surface area contributed by atoms with Crippen LogP contribution in [0.1, 0.15) is 37.4 Å². The summed E-state index contributed by atoms with van der Waals surface area (Å²) in [6.45, 7) is 5.63. The van der Waals surface area contributed by atoms with Gasteiger partial charge in [-0.15, -0.1) is 5.10 Å². The third kappa shape index (κ3) is 3.20. The predicted molar refractivity (Wildman–Crippen MR) is 77.6 cm³/mol. The highest BCUT2D eigenvalue weighted by Gasteiger charge is 2.13. The Balaban J connectivity index is 2.33. The van der Waals surface area contributed by atoms with E-state index in [0.717, 1.165) is 29.9 Å². The minimum absolute atomic E-state index is 0.428. The number of nitrogens with two attached hydrogens (primary N) is 1. The highest BCUT2D eigenvalue weighted by atomic mass is 15.4. The summed E-state index contributed by atoms with van der Waals surface area (Å²) in [6.07, 6.45) is 3.55. The van der Waals surface area contributed by atoms with Gasteiger partial charge >= 0.3 is 0 Å². The van der Waals surface area contributed by atoms with E-state index in [4.69, 9.17) is 5.73 Å². The maximum Gasteiger partial charge on any atom is 0.104 e. The lowest BCUT2D eigenvalue weighted by Gasteiger charge is -2.08. The molecule has 102 valence electrons. The number of aryl methyl sites for hydroxylation is 2. The fourth-order valence-electron chi connectivity index (χ4n) is 2.26. The highest BCUT2D eigenvalue weighted by Crippen LogP contribution is 2.23. The van der Waals surface area contributed by atoms with Gasteiger partial charge in [-0.1, -0.05) is 48.7 Å². The second-order valence-corrected chi connectivity index (χ2v) is 4.89. The summed E-state index contributed by atoms with van der Waals surface area (Å²) >= 11 is 0. The summed E-state index contributed by atoms with van der Waals surface area (Å²) in [5.74, 6) is 0. The Kier molecular flexibility index (Phi) is 4.68. The molecule has 2 N–H and O–H groups in total. The second-order valence-electron chi connectivity index (χ2n) is 4.89. The van der Waals surface area contributed by atoms with E-state index in [0.29, 0.717) is 6.54 Å². The maximum atomic E-state index is 5.78. The molecular weight excluding hydrogens is 236 g/mol. The van der Waals surface area contributed by atoms with Gasteiger partial charge in [-0.05, 0) is 19.4 Å². The van der Waals surface area contributed by atoms with Gasteiger partial charge in [0.2, 0.25) is 0 Å². The van der Waals surface area contributed by atoms with Crippen LogP contribution < -0.4 is 5.73 Å². The fraction of sp³-hybridized carbons (Fsp3) is 0.467. The number of aromatic nitrogens is 3. The monoisotopic (exact) mass is 258 g/mol. The molecular formula is C15H22N4. The average molecular weight is 258 g/mol. The summed E-state index contributed by atoms with van der Waals surface area (Å²) in [4.78, 5) is 0. The smallest absolute Gasteiger partial charge is 0.104 e. The highest BCUT2D eigenvalue weighted by molar-refractivity contribution is 5.62. The molecule has 0 aliphatic heterocycles. The zero-order valence-corrected chi connectivity index (χ0v) is 11.8. The molecule has 0 aliphatic carbocycles. The van der Waals surface area contributed by atoms with Crippen molar-refractivity contribution in [2.75, 3.05) is 0 Å². The van der Waals surface area contributed by atoms with Crippen molar-refractivity contribution in [3.8, 4) is 11.3 Å². The number of hydrogen-bond acceptors (Lipinski definition) is 3. The van der Waals surface area contributed by atoms with Crippen molar-refractivity contribution in [1.29, 1.82) is 0 Å². The Morgan fingerprint density at radius 3 is 2.79 bits per heavy atom. The molecule has 0 saturated carbocycles. The van der Waals surface area contributed by atoms with Gasteiger partial charge in [0.25, 0.3) is 0 Å². The third-order valence-corrected chi connectivity index (χ3v) is 3.26. The van der Waals surface area contributed by atoms with Crippen molar-refractivity contribution >= 4 is 0 Å². The van der Waals surface area contributed by atoms with Crippen molar-refractivity contribution in [3.63, 3.8) is 0 Å². The predicted octanol–water partition coefficient (Wildman–Crippen LogP) is 2.90. The van der Waals surface area contributed by atoms with Crippen molar-refractivity contribution in [2.45, 2.75) is 46.2 Å². The normalized spacial score (nSPS) is 10.9. The van der Waals surface area contributed by atoms with Gasteiger partial charge in [0, 0.05) is 18.7 Å². The second kappa shape index (κ2) is 6.48. The van der Waals surface area contributed by atoms with Gasteiger partial charge in [-0.3, -0.25) is 0 Å². The Hall–Kier alpha value is -1.68. The van der Waals surface area contributed by atoms with E-state index in [1.54, 1.807) is 0 Å². The molecule has 0 unspecified atom stereocenters. The zero-order valence-electron chi connectivity index (χ0n) is 11.8. The quantitative estimate of drug-likeness (QED) is 0.810. The Morgan fingerprint density at radius 1 is 1.26 bits per heavy atom. The summed E-state index contributed by atoms with van der Waals surface area (Å²) < 4.78 is 1.99. The van der Waals surface area contributed by atoms with Crippen molar-refractivity contribution < 1.29 is 0 Å². The number of unbranched alkanes of at least 4 members (excludes halogenated alkanes) is 2. The number of rotatable bonds is 6. The molecule has 0 fully saturated rings. The molecule has 0 bridgehead atoms. The van der Waals surface area contributed by atoms with Crippen LogP contribution in [0.2, 0.25) is 0 Å². The molecule has 0 saturated heterocycles. The van der Waals surface area contributed by atoms with E-state index in [1.165, 1.54) is 18.4 Å². The van der Waals surface area contributed by atoms with Crippen LogP contribution in [-0.4, -0.2) is 15.0 Å². The van der Waals surface area contributed by atoms with Gasteiger partial charge < -0.3 is 5.73 Å². The minimum atomic E-state index is 0.428. The van der Waals surface area contributed by atoms with Crippen molar-refractivity contribution in [3.05, 3.63) is 35.5 Å². The summed E-state index contributed by atoms with van der Waals surface area (Å²) in [7, 11) is 0. The molecule has 4 heteroatoms. The van der Waals surface area contributed by atoms with E-state index < -0.39 is 0 Å². The molecule has 0 amide bonds. The summed E-state index contributed by atoms with van der Waals surface area (Å²) in [5.41, 5.74) is 10.1. The average Bonchev–Trinajstić information content (AvgIpc) is 2.82. The van der Waals surface area contributed by atoms with Crippen LogP contribution in [0.15, 0.2) is 24.3 Å². The minimum Gasteiger partial charge on any atom is -0.325 e. The number of nitrogens with zero attached hydrogens (tertiary/aromatic N) is 3. The van der Waals surface area contributed by atoms with Crippen molar-refractivity contribution in [1.82, 2.24) is 15.0 Å².